The molecule has 1 saturated carbocycles. The molecule has 1 N–H and O–H groups in total. The van der Waals surface area contributed by atoms with Gasteiger partial charge in [0.25, 0.3) is 0 Å². The van der Waals surface area contributed by atoms with E-state index >= 15 is 0 Å². The minimum absolute atomic E-state index is 0.00739. The number of nitrogens with zero attached hydrogens (tertiary/aromatic N) is 2. The van der Waals surface area contributed by atoms with Gasteiger partial charge in [0.15, 0.2) is 17.9 Å². The third-order valence-electron chi connectivity index (χ3n) is 3.16. The van der Waals surface area contributed by atoms with Crippen LogP contribution in [0.1, 0.15) is 36.3 Å². The minimum Gasteiger partial charge on any atom is -0.364 e. The molecule has 0 saturated heterocycles. The molecule has 0 radical (unpaired) electrons. The van der Waals surface area contributed by atoms with E-state index in [9.17, 15) is 9.59 Å². The standard InChI is InChI=1S/C12H17N3O3/c1-18-8-15-6-10(13-11(15)7-16)14-12(17)9-4-2-3-5-9/h6-7,9H,2-5,8H2,1H3,(H,14,17). The van der Waals surface area contributed by atoms with Crippen molar-refractivity contribution in [1.29, 1.82) is 0 Å². The average Bonchev–Trinajstić information content (AvgIpc) is 2.98. The molecule has 6 nitrogen and oxygen atoms in total. The number of carbonyl (C=O) groups excluding carboxylic acids is 2. The predicted octanol–water partition coefficient (Wildman–Crippen LogP) is 1.43. The predicted molar refractivity (Wildman–Crippen MR) is 65.2 cm³/mol. The highest BCUT2D eigenvalue weighted by Crippen LogP contribution is 2.25. The van der Waals surface area contributed by atoms with Crippen molar-refractivity contribution in [1.82, 2.24) is 9.55 Å². The van der Waals surface area contributed by atoms with Crippen molar-refractivity contribution in [2.45, 2.75) is 32.4 Å². The lowest BCUT2D eigenvalue weighted by Gasteiger charge is -2.07. The number of hydrogen-bond donors (Lipinski definition) is 1. The Morgan fingerprint density at radius 3 is 2.94 bits per heavy atom. The number of hydrogen-bond acceptors (Lipinski definition) is 4. The minimum atomic E-state index is -0.00739. The highest BCUT2D eigenvalue weighted by atomic mass is 16.5. The number of imidazole rings is 1. The number of rotatable bonds is 5. The van der Waals surface area contributed by atoms with Gasteiger partial charge in [-0.15, -0.1) is 0 Å². The van der Waals surface area contributed by atoms with Crippen LogP contribution in [0.3, 0.4) is 0 Å². The van der Waals surface area contributed by atoms with Gasteiger partial charge in [0.2, 0.25) is 5.91 Å². The Kier molecular flexibility index (Phi) is 4.09. The largest absolute Gasteiger partial charge is 0.364 e. The summed E-state index contributed by atoms with van der Waals surface area (Å²) in [4.78, 5) is 26.7. The van der Waals surface area contributed by atoms with Crippen LogP contribution in [0.25, 0.3) is 0 Å². The molecule has 0 bridgehead atoms. The van der Waals surface area contributed by atoms with Gasteiger partial charge in [-0.3, -0.25) is 9.59 Å². The molecule has 1 amide bonds. The molecule has 0 spiro atoms. The lowest BCUT2D eigenvalue weighted by atomic mass is 10.1. The molecule has 1 fully saturated rings. The van der Waals surface area contributed by atoms with Crippen LogP contribution in [-0.4, -0.2) is 28.9 Å². The van der Waals surface area contributed by atoms with Crippen molar-refractivity contribution in [2.24, 2.45) is 5.92 Å². The summed E-state index contributed by atoms with van der Waals surface area (Å²) in [6.07, 6.45) is 6.34. The van der Waals surface area contributed by atoms with Gasteiger partial charge < -0.3 is 14.6 Å². The topological polar surface area (TPSA) is 73.2 Å². The second-order valence-electron chi connectivity index (χ2n) is 4.46. The van der Waals surface area contributed by atoms with Crippen molar-refractivity contribution in [3.63, 3.8) is 0 Å². The molecule has 1 aromatic heterocycles. The second-order valence-corrected chi connectivity index (χ2v) is 4.46. The first-order valence-corrected chi connectivity index (χ1v) is 6.06. The summed E-state index contributed by atoms with van der Waals surface area (Å²) in [6, 6.07) is 0. The Labute approximate surface area is 105 Å². The van der Waals surface area contributed by atoms with E-state index in [1.165, 1.54) is 7.11 Å². The lowest BCUT2D eigenvalue weighted by Crippen LogP contribution is -2.20. The van der Waals surface area contributed by atoms with Gasteiger partial charge in [0.1, 0.15) is 6.73 Å². The molecular formula is C12H17N3O3. The molecule has 1 aliphatic rings. The SMILES string of the molecule is COCn1cc(NC(=O)C2CCCC2)nc1C=O. The third kappa shape index (κ3) is 2.76. The summed E-state index contributed by atoms with van der Waals surface area (Å²) in [6.45, 7) is 0.236. The van der Waals surface area contributed by atoms with Crippen LogP contribution in [0.2, 0.25) is 0 Å². The summed E-state index contributed by atoms with van der Waals surface area (Å²) < 4.78 is 6.49. The normalized spacial score (nSPS) is 15.8. The molecule has 1 aliphatic carbocycles. The van der Waals surface area contributed by atoms with Crippen LogP contribution in [0.5, 0.6) is 0 Å². The van der Waals surface area contributed by atoms with E-state index in [0.717, 1.165) is 25.7 Å². The van der Waals surface area contributed by atoms with Gasteiger partial charge in [0.05, 0.1) is 6.20 Å². The molecule has 0 aromatic carbocycles. The maximum atomic E-state index is 11.9. The summed E-state index contributed by atoms with van der Waals surface area (Å²) in [5.74, 6) is 0.730. The van der Waals surface area contributed by atoms with Crippen molar-refractivity contribution in [3.05, 3.63) is 12.0 Å². The van der Waals surface area contributed by atoms with Gasteiger partial charge in [-0.1, -0.05) is 12.8 Å². The summed E-state index contributed by atoms with van der Waals surface area (Å²) in [5, 5.41) is 2.75. The van der Waals surface area contributed by atoms with Crippen molar-refractivity contribution in [3.8, 4) is 0 Å². The van der Waals surface area contributed by atoms with Crippen LogP contribution in [0.4, 0.5) is 5.82 Å². The number of amides is 1. The summed E-state index contributed by atoms with van der Waals surface area (Å²) in [5.41, 5.74) is 0. The van der Waals surface area contributed by atoms with Crippen molar-refractivity contribution < 1.29 is 14.3 Å². The first-order chi connectivity index (χ1) is 8.74. The molecule has 0 aliphatic heterocycles. The quantitative estimate of drug-likeness (QED) is 0.803. The maximum absolute atomic E-state index is 11.9. The summed E-state index contributed by atoms with van der Waals surface area (Å²) in [7, 11) is 1.53. The van der Waals surface area contributed by atoms with E-state index in [0.29, 0.717) is 12.1 Å². The fourth-order valence-electron chi connectivity index (χ4n) is 2.24. The number of ether oxygens (including phenoxy) is 1. The number of aromatic nitrogens is 2. The zero-order valence-corrected chi connectivity index (χ0v) is 10.4. The highest BCUT2D eigenvalue weighted by Gasteiger charge is 2.23. The Balaban J connectivity index is 2.04. The van der Waals surface area contributed by atoms with Gasteiger partial charge in [0, 0.05) is 13.0 Å². The van der Waals surface area contributed by atoms with Crippen LogP contribution in [-0.2, 0) is 16.3 Å². The molecule has 1 aromatic rings. The van der Waals surface area contributed by atoms with Crippen LogP contribution < -0.4 is 5.32 Å². The highest BCUT2D eigenvalue weighted by molar-refractivity contribution is 5.92. The summed E-state index contributed by atoms with van der Waals surface area (Å²) >= 11 is 0. The maximum Gasteiger partial charge on any atom is 0.228 e. The first kappa shape index (κ1) is 12.8. The molecule has 98 valence electrons. The molecule has 6 heteroatoms. The zero-order chi connectivity index (χ0) is 13.0. The van der Waals surface area contributed by atoms with Gasteiger partial charge in [-0.05, 0) is 12.8 Å². The van der Waals surface area contributed by atoms with E-state index in [2.05, 4.69) is 10.3 Å². The fourth-order valence-corrected chi connectivity index (χ4v) is 2.24. The van der Waals surface area contributed by atoms with Gasteiger partial charge >= 0.3 is 0 Å². The van der Waals surface area contributed by atoms with E-state index < -0.39 is 0 Å². The van der Waals surface area contributed by atoms with Crippen LogP contribution in [0, 0.1) is 5.92 Å². The fraction of sp³-hybridized carbons (Fsp3) is 0.583. The number of carbonyl (C=O) groups is 2. The monoisotopic (exact) mass is 251 g/mol. The number of nitrogens with one attached hydrogen (secondary N) is 1. The smallest absolute Gasteiger partial charge is 0.228 e. The molecule has 1 heterocycles. The number of anilines is 1. The van der Waals surface area contributed by atoms with Gasteiger partial charge in [-0.25, -0.2) is 4.98 Å². The molecule has 18 heavy (non-hydrogen) atoms. The lowest BCUT2D eigenvalue weighted by molar-refractivity contribution is -0.119. The Hall–Kier alpha value is -1.69. The van der Waals surface area contributed by atoms with Crippen molar-refractivity contribution in [2.75, 3.05) is 12.4 Å². The molecule has 2 rings (SSSR count). The second kappa shape index (κ2) is 5.77. The number of aldehydes is 1. The Morgan fingerprint density at radius 1 is 1.61 bits per heavy atom. The van der Waals surface area contributed by atoms with E-state index in [4.69, 9.17) is 4.74 Å². The molecular weight excluding hydrogens is 234 g/mol. The van der Waals surface area contributed by atoms with E-state index in [1.807, 2.05) is 0 Å². The Bertz CT molecular complexity index is 436. The zero-order valence-electron chi connectivity index (χ0n) is 10.4. The van der Waals surface area contributed by atoms with E-state index in [-0.39, 0.29) is 24.4 Å². The van der Waals surface area contributed by atoms with E-state index in [1.54, 1.807) is 10.8 Å². The average molecular weight is 251 g/mol. The first-order valence-electron chi connectivity index (χ1n) is 6.06. The third-order valence-corrected chi connectivity index (χ3v) is 3.16. The molecule has 0 atom stereocenters. The van der Waals surface area contributed by atoms with Crippen molar-refractivity contribution >= 4 is 18.0 Å². The van der Waals surface area contributed by atoms with Crippen LogP contribution in [0.15, 0.2) is 6.20 Å². The van der Waals surface area contributed by atoms with Gasteiger partial charge in [-0.2, -0.15) is 0 Å². The van der Waals surface area contributed by atoms with Crippen LogP contribution >= 0.6 is 0 Å². The molecule has 0 unspecified atom stereocenters. The number of methoxy groups -OCH3 is 1. The Morgan fingerprint density at radius 2 is 2.33 bits per heavy atom.